The number of rotatable bonds is 6. The van der Waals surface area contributed by atoms with Gasteiger partial charge in [-0.2, -0.15) is 19.0 Å². The zero-order valence-corrected chi connectivity index (χ0v) is 20.4. The zero-order valence-electron chi connectivity index (χ0n) is 20.4. The number of nitrogens with one attached hydrogen (secondary N) is 1. The number of amides is 1. The molecule has 2 N–H and O–H groups in total. The van der Waals surface area contributed by atoms with Crippen LogP contribution in [0.5, 0.6) is 5.75 Å². The van der Waals surface area contributed by atoms with Gasteiger partial charge in [0.2, 0.25) is 0 Å². The van der Waals surface area contributed by atoms with E-state index in [0.29, 0.717) is 48.0 Å². The van der Waals surface area contributed by atoms with Crippen LogP contribution >= 0.6 is 0 Å². The van der Waals surface area contributed by atoms with Crippen LogP contribution in [-0.4, -0.2) is 71.9 Å². The summed E-state index contributed by atoms with van der Waals surface area (Å²) in [6.45, 7) is -0.0937. The van der Waals surface area contributed by atoms with E-state index in [9.17, 15) is 18.7 Å². The van der Waals surface area contributed by atoms with Crippen molar-refractivity contribution >= 4 is 23.1 Å². The molecule has 13 heteroatoms. The summed E-state index contributed by atoms with van der Waals surface area (Å²) < 4.78 is 39.9. The van der Waals surface area contributed by atoms with Crippen LogP contribution in [0.1, 0.15) is 25.1 Å². The smallest absolute Gasteiger partial charge is 0.407 e. The summed E-state index contributed by atoms with van der Waals surface area (Å²) in [4.78, 5) is 17.6. The first-order valence-electron chi connectivity index (χ1n) is 12.2. The van der Waals surface area contributed by atoms with Crippen LogP contribution in [0.3, 0.4) is 0 Å². The fourth-order valence-corrected chi connectivity index (χ4v) is 5.20. The van der Waals surface area contributed by atoms with Crippen LogP contribution in [-0.2, 0) is 4.74 Å². The van der Waals surface area contributed by atoms with Gasteiger partial charge in [-0.1, -0.05) is 0 Å². The molecule has 0 spiro atoms. The third-order valence-electron chi connectivity index (χ3n) is 6.84. The minimum atomic E-state index is -2.72. The second-order valence-corrected chi connectivity index (χ2v) is 9.49. The van der Waals surface area contributed by atoms with E-state index in [1.54, 1.807) is 16.8 Å². The maximum absolute atomic E-state index is 12.8. The highest BCUT2D eigenvalue weighted by Crippen LogP contribution is 2.36. The first-order chi connectivity index (χ1) is 18.3. The number of aromatic nitrogens is 5. The number of aryl methyl sites for hydroxylation is 1. The number of carbonyl (C=O) groups is 1. The molecular weight excluding hydrogens is 500 g/mol. The lowest BCUT2D eigenvalue weighted by atomic mass is 9.92. The van der Waals surface area contributed by atoms with Gasteiger partial charge < -0.3 is 19.9 Å². The standard InChI is InChI=1S/C25H25F2N7O4/c1-14-4-21(22(10-28-14)38-20-6-18-12-37-13-19(7-20)34(18)25(35)36)15-2-3-32-17(5-15)8-23(31-32)30-16-9-29-33(11-16)24(26)27/h2-5,8-11,18-20,24H,6-7,12-13H2,1H3,(H,30,31)(H,35,36)/t18-,19+,20?. The average molecular weight is 526 g/mol. The lowest BCUT2D eigenvalue weighted by molar-refractivity contribution is -0.0857. The van der Waals surface area contributed by atoms with Gasteiger partial charge in [-0.15, -0.1) is 0 Å². The quantitative estimate of drug-likeness (QED) is 0.382. The predicted octanol–water partition coefficient (Wildman–Crippen LogP) is 4.33. The van der Waals surface area contributed by atoms with Crippen molar-refractivity contribution in [1.82, 2.24) is 29.3 Å². The number of nitrogens with zero attached hydrogens (tertiary/aromatic N) is 6. The SMILES string of the molecule is Cc1cc(-c2ccn3nc(Nc4cnn(C(F)F)c4)cc3c2)c(OC2C[C@H]3COC[C@@H](C2)N3C(=O)O)cn1. The van der Waals surface area contributed by atoms with E-state index in [-0.39, 0.29) is 18.2 Å². The van der Waals surface area contributed by atoms with Gasteiger partial charge in [0.1, 0.15) is 11.9 Å². The molecule has 6 heterocycles. The lowest BCUT2D eigenvalue weighted by Crippen LogP contribution is -2.60. The second-order valence-electron chi connectivity index (χ2n) is 9.49. The number of ether oxygens (including phenoxy) is 2. The molecule has 0 aromatic carbocycles. The van der Waals surface area contributed by atoms with Gasteiger partial charge in [-0.25, -0.2) is 14.0 Å². The molecule has 3 atom stereocenters. The summed E-state index contributed by atoms with van der Waals surface area (Å²) in [5.74, 6) is 1.10. The fourth-order valence-electron chi connectivity index (χ4n) is 5.20. The van der Waals surface area contributed by atoms with Crippen LogP contribution in [0.25, 0.3) is 16.6 Å². The first-order valence-corrected chi connectivity index (χ1v) is 12.2. The summed E-state index contributed by atoms with van der Waals surface area (Å²) in [5.41, 5.74) is 3.76. The number of alkyl halides is 2. The van der Waals surface area contributed by atoms with Crippen molar-refractivity contribution in [2.75, 3.05) is 18.5 Å². The van der Waals surface area contributed by atoms with E-state index in [1.807, 2.05) is 31.3 Å². The van der Waals surface area contributed by atoms with E-state index in [1.165, 1.54) is 17.3 Å². The van der Waals surface area contributed by atoms with Crippen LogP contribution in [0, 0.1) is 6.92 Å². The maximum Gasteiger partial charge on any atom is 0.407 e. The highest BCUT2D eigenvalue weighted by molar-refractivity contribution is 5.75. The monoisotopic (exact) mass is 525 g/mol. The third-order valence-corrected chi connectivity index (χ3v) is 6.84. The summed E-state index contributed by atoms with van der Waals surface area (Å²) >= 11 is 0. The van der Waals surface area contributed by atoms with E-state index in [4.69, 9.17) is 9.47 Å². The molecule has 6 rings (SSSR count). The van der Waals surface area contributed by atoms with Crippen LogP contribution in [0.15, 0.2) is 49.1 Å². The van der Waals surface area contributed by atoms with Crippen molar-refractivity contribution in [2.24, 2.45) is 0 Å². The Balaban J connectivity index is 1.25. The minimum absolute atomic E-state index is 0.170. The first kappa shape index (κ1) is 24.1. The molecule has 198 valence electrons. The Labute approximate surface area is 215 Å². The highest BCUT2D eigenvalue weighted by Gasteiger charge is 2.42. The van der Waals surface area contributed by atoms with E-state index in [0.717, 1.165) is 22.3 Å². The van der Waals surface area contributed by atoms with Crippen LogP contribution in [0.4, 0.5) is 25.1 Å². The summed E-state index contributed by atoms with van der Waals surface area (Å²) in [7, 11) is 0. The van der Waals surface area contributed by atoms with Crippen molar-refractivity contribution in [3.8, 4) is 16.9 Å². The molecular formula is C25H25F2N7O4. The molecule has 0 saturated carbocycles. The molecule has 11 nitrogen and oxygen atoms in total. The van der Waals surface area contributed by atoms with Crippen molar-refractivity contribution in [1.29, 1.82) is 0 Å². The van der Waals surface area contributed by atoms with Crippen LogP contribution in [0.2, 0.25) is 0 Å². The van der Waals surface area contributed by atoms with Crippen LogP contribution < -0.4 is 10.1 Å². The molecule has 38 heavy (non-hydrogen) atoms. The predicted molar refractivity (Wildman–Crippen MR) is 132 cm³/mol. The molecule has 2 aliphatic rings. The van der Waals surface area contributed by atoms with Gasteiger partial charge in [0.15, 0.2) is 5.82 Å². The lowest BCUT2D eigenvalue weighted by Gasteiger charge is -2.46. The molecule has 0 radical (unpaired) electrons. The Morgan fingerprint density at radius 1 is 1.21 bits per heavy atom. The largest absolute Gasteiger partial charge is 0.488 e. The molecule has 2 saturated heterocycles. The number of hydrogen-bond acceptors (Lipinski definition) is 7. The molecule has 0 aliphatic carbocycles. The second kappa shape index (κ2) is 9.56. The molecule has 2 aliphatic heterocycles. The van der Waals surface area contributed by atoms with Gasteiger partial charge in [0, 0.05) is 36.4 Å². The average Bonchev–Trinajstić information content (AvgIpc) is 3.51. The number of carboxylic acid groups (broad SMARTS) is 1. The molecule has 2 bridgehead atoms. The highest BCUT2D eigenvalue weighted by atomic mass is 19.3. The number of fused-ring (bicyclic) bond motifs is 3. The van der Waals surface area contributed by atoms with Crippen molar-refractivity contribution in [3.63, 3.8) is 0 Å². The molecule has 4 aromatic heterocycles. The molecule has 1 unspecified atom stereocenters. The van der Waals surface area contributed by atoms with Gasteiger partial charge in [-0.05, 0) is 30.7 Å². The Morgan fingerprint density at radius 2 is 2.00 bits per heavy atom. The Hall–Kier alpha value is -4.26. The maximum atomic E-state index is 12.8. The number of anilines is 2. The van der Waals surface area contributed by atoms with Gasteiger partial charge in [0.25, 0.3) is 0 Å². The van der Waals surface area contributed by atoms with Crippen molar-refractivity contribution < 1.29 is 28.2 Å². The van der Waals surface area contributed by atoms with E-state index >= 15 is 0 Å². The Kier molecular flexibility index (Phi) is 6.06. The number of piperidine rings is 1. The summed E-state index contributed by atoms with van der Waals surface area (Å²) in [6.07, 6.45) is 6.02. The summed E-state index contributed by atoms with van der Waals surface area (Å²) in [5, 5.41) is 20.7. The Morgan fingerprint density at radius 3 is 2.71 bits per heavy atom. The minimum Gasteiger partial charge on any atom is -0.488 e. The number of halogens is 2. The van der Waals surface area contributed by atoms with Crippen molar-refractivity contribution in [3.05, 3.63) is 54.7 Å². The third kappa shape index (κ3) is 4.60. The topological polar surface area (TPSA) is 119 Å². The van der Waals surface area contributed by atoms with E-state index in [2.05, 4.69) is 20.5 Å². The van der Waals surface area contributed by atoms with Gasteiger partial charge in [-0.3, -0.25) is 9.88 Å². The number of pyridine rings is 2. The van der Waals surface area contributed by atoms with Gasteiger partial charge >= 0.3 is 12.6 Å². The number of hydrogen-bond donors (Lipinski definition) is 2. The fraction of sp³-hybridized carbons (Fsp3) is 0.360. The molecule has 4 aromatic rings. The number of morpholine rings is 1. The van der Waals surface area contributed by atoms with E-state index < -0.39 is 12.6 Å². The summed E-state index contributed by atoms with van der Waals surface area (Å²) in [6, 6.07) is 7.14. The normalized spacial score (nSPS) is 21.2. The van der Waals surface area contributed by atoms with Crippen molar-refractivity contribution in [2.45, 2.75) is 44.5 Å². The van der Waals surface area contributed by atoms with Gasteiger partial charge in [0.05, 0.1) is 55.1 Å². The zero-order chi connectivity index (χ0) is 26.4. The molecule has 2 fully saturated rings. The Bertz CT molecular complexity index is 1480. The molecule has 1 amide bonds.